The number of nitrogens with zero attached hydrogens (tertiary/aromatic N) is 2. The van der Waals surface area contributed by atoms with E-state index in [0.29, 0.717) is 21.3 Å². The quantitative estimate of drug-likeness (QED) is 0.310. The summed E-state index contributed by atoms with van der Waals surface area (Å²) in [6, 6.07) is 19.0. The summed E-state index contributed by atoms with van der Waals surface area (Å²) in [5.74, 6) is -0.835. The highest BCUT2D eigenvalue weighted by Crippen LogP contribution is 2.27. The smallest absolute Gasteiger partial charge is 0.264 e. The molecule has 1 saturated carbocycles. The molecule has 7 nitrogen and oxygen atoms in total. The van der Waals surface area contributed by atoms with Crippen molar-refractivity contribution in [3.63, 3.8) is 0 Å². The largest absolute Gasteiger partial charge is 0.352 e. The maximum Gasteiger partial charge on any atom is 0.264 e. The van der Waals surface area contributed by atoms with E-state index in [1.807, 2.05) is 6.92 Å². The molecule has 40 heavy (non-hydrogen) atoms. The Labute approximate surface area is 246 Å². The highest BCUT2D eigenvalue weighted by atomic mass is 35.5. The predicted octanol–water partition coefficient (Wildman–Crippen LogP) is 5.97. The van der Waals surface area contributed by atoms with Gasteiger partial charge in [0.1, 0.15) is 12.6 Å². The molecule has 0 aliphatic heterocycles. The molecule has 4 rings (SSSR count). The average Bonchev–Trinajstić information content (AvgIpc) is 3.45. The summed E-state index contributed by atoms with van der Waals surface area (Å²) in [5.41, 5.74) is 1.88. The molecule has 0 spiro atoms. The lowest BCUT2D eigenvalue weighted by molar-refractivity contribution is -0.139. The summed E-state index contributed by atoms with van der Waals surface area (Å²) in [6.07, 6.45) is 3.88. The van der Waals surface area contributed by atoms with Gasteiger partial charge in [-0.1, -0.05) is 78.0 Å². The van der Waals surface area contributed by atoms with Crippen LogP contribution in [-0.4, -0.2) is 43.8 Å². The molecule has 0 radical (unpaired) electrons. The molecule has 2 amide bonds. The zero-order chi connectivity index (χ0) is 28.9. The second-order valence-corrected chi connectivity index (χ2v) is 12.8. The van der Waals surface area contributed by atoms with Crippen molar-refractivity contribution in [2.45, 2.75) is 63.1 Å². The van der Waals surface area contributed by atoms with Crippen molar-refractivity contribution < 1.29 is 18.0 Å². The van der Waals surface area contributed by atoms with E-state index in [0.717, 1.165) is 35.6 Å². The SMILES string of the molecule is Cc1ccc(N(CC(=O)N(Cc2ccc(Cl)cc2Cl)C(C)C(=O)NC2CCCC2)S(=O)(=O)c2ccccc2)cc1. The standard InChI is InChI=1S/C30H33Cl2N3O4S/c1-21-12-16-26(17-13-21)35(40(38,39)27-10-4-3-5-11-27)20-29(36)34(19-23-14-15-24(31)18-28(23)32)22(2)30(37)33-25-8-6-7-9-25/h3-5,10-18,22,25H,6-9,19-20H2,1-2H3,(H,33,37). The fourth-order valence-corrected chi connectivity index (χ4v) is 6.67. The Bertz CT molecular complexity index is 1440. The van der Waals surface area contributed by atoms with Gasteiger partial charge < -0.3 is 10.2 Å². The van der Waals surface area contributed by atoms with E-state index >= 15 is 0 Å². The Hall–Kier alpha value is -3.07. The number of hydrogen-bond acceptors (Lipinski definition) is 4. The minimum Gasteiger partial charge on any atom is -0.352 e. The van der Waals surface area contributed by atoms with Crippen molar-refractivity contribution in [2.75, 3.05) is 10.8 Å². The minimum atomic E-state index is -4.11. The van der Waals surface area contributed by atoms with Crippen LogP contribution in [0.5, 0.6) is 0 Å². The maximum atomic E-state index is 14.0. The molecule has 10 heteroatoms. The van der Waals surface area contributed by atoms with E-state index in [1.54, 1.807) is 67.6 Å². The Balaban J connectivity index is 1.69. The Morgan fingerprint density at radius 1 is 0.975 bits per heavy atom. The number of anilines is 1. The van der Waals surface area contributed by atoms with Crippen LogP contribution in [0.3, 0.4) is 0 Å². The number of aryl methyl sites for hydroxylation is 1. The van der Waals surface area contributed by atoms with Crippen LogP contribution in [0.15, 0.2) is 77.7 Å². The third kappa shape index (κ3) is 7.16. The summed E-state index contributed by atoms with van der Waals surface area (Å²) in [4.78, 5) is 28.7. The van der Waals surface area contributed by atoms with Gasteiger partial charge in [-0.05, 0) is 68.7 Å². The predicted molar refractivity (Wildman–Crippen MR) is 159 cm³/mol. The van der Waals surface area contributed by atoms with Gasteiger partial charge in [0.05, 0.1) is 10.6 Å². The molecule has 1 fully saturated rings. The molecule has 212 valence electrons. The zero-order valence-electron chi connectivity index (χ0n) is 22.5. The van der Waals surface area contributed by atoms with Crippen LogP contribution >= 0.6 is 23.2 Å². The van der Waals surface area contributed by atoms with Gasteiger partial charge in [0.2, 0.25) is 11.8 Å². The van der Waals surface area contributed by atoms with Crippen LogP contribution in [0.25, 0.3) is 0 Å². The molecular weight excluding hydrogens is 569 g/mol. The number of amides is 2. The van der Waals surface area contributed by atoms with Gasteiger partial charge in [0.25, 0.3) is 10.0 Å². The Morgan fingerprint density at radius 3 is 2.25 bits per heavy atom. The van der Waals surface area contributed by atoms with Crippen molar-refractivity contribution in [2.24, 2.45) is 0 Å². The van der Waals surface area contributed by atoms with E-state index in [-0.39, 0.29) is 23.4 Å². The molecule has 1 aliphatic rings. The van der Waals surface area contributed by atoms with E-state index in [1.165, 1.54) is 17.0 Å². The first-order valence-electron chi connectivity index (χ1n) is 13.2. The van der Waals surface area contributed by atoms with Crippen molar-refractivity contribution in [1.82, 2.24) is 10.2 Å². The Kier molecular flexibility index (Phi) is 9.77. The number of carbonyl (C=O) groups excluding carboxylic acids is 2. The van der Waals surface area contributed by atoms with E-state index in [4.69, 9.17) is 23.2 Å². The van der Waals surface area contributed by atoms with Gasteiger partial charge in [-0.25, -0.2) is 8.42 Å². The number of sulfonamides is 1. The maximum absolute atomic E-state index is 14.0. The third-order valence-corrected chi connectivity index (χ3v) is 9.53. The molecule has 1 atom stereocenters. The first-order valence-corrected chi connectivity index (χ1v) is 15.4. The molecule has 0 heterocycles. The lowest BCUT2D eigenvalue weighted by Crippen LogP contribution is -2.52. The zero-order valence-corrected chi connectivity index (χ0v) is 24.8. The van der Waals surface area contributed by atoms with E-state index in [9.17, 15) is 18.0 Å². The summed E-state index contributed by atoms with van der Waals surface area (Å²) < 4.78 is 28.7. The molecule has 0 bridgehead atoms. The van der Waals surface area contributed by atoms with Crippen molar-refractivity contribution >= 4 is 50.7 Å². The molecule has 0 saturated heterocycles. The third-order valence-electron chi connectivity index (χ3n) is 7.16. The van der Waals surface area contributed by atoms with Crippen molar-refractivity contribution in [3.8, 4) is 0 Å². The summed E-state index contributed by atoms with van der Waals surface area (Å²) in [7, 11) is -4.11. The van der Waals surface area contributed by atoms with Crippen LogP contribution in [0.1, 0.15) is 43.7 Å². The number of carbonyl (C=O) groups is 2. The molecule has 1 unspecified atom stereocenters. The highest BCUT2D eigenvalue weighted by molar-refractivity contribution is 7.92. The normalized spacial score (nSPS) is 14.5. The van der Waals surface area contributed by atoms with Gasteiger partial charge in [0, 0.05) is 22.6 Å². The van der Waals surface area contributed by atoms with Crippen LogP contribution in [-0.2, 0) is 26.2 Å². The molecule has 1 N–H and O–H groups in total. The number of benzene rings is 3. The fraction of sp³-hybridized carbons (Fsp3) is 0.333. The topological polar surface area (TPSA) is 86.8 Å². The van der Waals surface area contributed by atoms with Crippen LogP contribution in [0.4, 0.5) is 5.69 Å². The highest BCUT2D eigenvalue weighted by Gasteiger charge is 2.33. The summed E-state index contributed by atoms with van der Waals surface area (Å²) >= 11 is 12.5. The van der Waals surface area contributed by atoms with Gasteiger partial charge in [-0.15, -0.1) is 0 Å². The first kappa shape index (κ1) is 29.9. The molecule has 1 aliphatic carbocycles. The monoisotopic (exact) mass is 601 g/mol. The molecule has 0 aromatic heterocycles. The minimum absolute atomic E-state index is 0.00120. The molecule has 3 aromatic rings. The average molecular weight is 603 g/mol. The fourth-order valence-electron chi connectivity index (χ4n) is 4.77. The van der Waals surface area contributed by atoms with Gasteiger partial charge in [-0.3, -0.25) is 13.9 Å². The van der Waals surface area contributed by atoms with Crippen molar-refractivity contribution in [3.05, 3.63) is 94.0 Å². The number of halogens is 2. The second-order valence-electron chi connectivity index (χ2n) is 10.1. The van der Waals surface area contributed by atoms with Crippen LogP contribution in [0.2, 0.25) is 10.0 Å². The van der Waals surface area contributed by atoms with Gasteiger partial charge in [-0.2, -0.15) is 0 Å². The van der Waals surface area contributed by atoms with E-state index in [2.05, 4.69) is 5.32 Å². The van der Waals surface area contributed by atoms with Crippen LogP contribution in [0, 0.1) is 6.92 Å². The van der Waals surface area contributed by atoms with Gasteiger partial charge in [0.15, 0.2) is 0 Å². The summed E-state index contributed by atoms with van der Waals surface area (Å²) in [5, 5.41) is 3.84. The number of nitrogens with one attached hydrogen (secondary N) is 1. The summed E-state index contributed by atoms with van der Waals surface area (Å²) in [6.45, 7) is 3.04. The molecular formula is C30H33Cl2N3O4S. The second kappa shape index (κ2) is 13.1. The molecule has 3 aromatic carbocycles. The Morgan fingerprint density at radius 2 is 1.62 bits per heavy atom. The lowest BCUT2D eigenvalue weighted by atomic mass is 10.1. The lowest BCUT2D eigenvalue weighted by Gasteiger charge is -2.32. The van der Waals surface area contributed by atoms with Gasteiger partial charge >= 0.3 is 0 Å². The van der Waals surface area contributed by atoms with Crippen molar-refractivity contribution in [1.29, 1.82) is 0 Å². The number of rotatable bonds is 10. The van der Waals surface area contributed by atoms with E-state index < -0.39 is 28.5 Å². The first-order chi connectivity index (χ1) is 19.1. The number of hydrogen-bond donors (Lipinski definition) is 1. The van der Waals surface area contributed by atoms with Crippen LogP contribution < -0.4 is 9.62 Å².